The fourth-order valence-corrected chi connectivity index (χ4v) is 5.04. The lowest BCUT2D eigenvalue weighted by Crippen LogP contribution is -2.39. The Labute approximate surface area is 170 Å². The van der Waals surface area contributed by atoms with Gasteiger partial charge in [0, 0.05) is 32.0 Å². The van der Waals surface area contributed by atoms with Crippen molar-refractivity contribution >= 4 is 15.8 Å². The second-order valence-electron chi connectivity index (χ2n) is 7.32. The molecular weight excluding hydrogens is 388 g/mol. The molecule has 1 unspecified atom stereocenters. The van der Waals surface area contributed by atoms with Crippen LogP contribution in [0.4, 0.5) is 5.82 Å². The highest BCUT2D eigenvalue weighted by molar-refractivity contribution is 7.89. The lowest BCUT2D eigenvalue weighted by Gasteiger charge is -2.30. The molecule has 1 saturated heterocycles. The van der Waals surface area contributed by atoms with Crippen molar-refractivity contribution in [1.29, 1.82) is 0 Å². The van der Waals surface area contributed by atoms with E-state index in [1.54, 1.807) is 45.9 Å². The summed E-state index contributed by atoms with van der Waals surface area (Å²) < 4.78 is 29.0. The molecule has 152 valence electrons. The number of anilines is 1. The summed E-state index contributed by atoms with van der Waals surface area (Å²) in [7, 11) is -3.43. The second-order valence-corrected chi connectivity index (χ2v) is 9.26. The molecule has 0 saturated carbocycles. The third-order valence-corrected chi connectivity index (χ3v) is 6.89. The number of nitrogens with zero attached hydrogens (tertiary/aromatic N) is 5. The highest BCUT2D eigenvalue weighted by Gasteiger charge is 2.28. The normalized spacial score (nSPS) is 17.9. The molecular formula is C20H24N6O2S. The largest absolute Gasteiger partial charge is 0.365 e. The first kappa shape index (κ1) is 19.5. The molecule has 8 nitrogen and oxygen atoms in total. The zero-order valence-electron chi connectivity index (χ0n) is 16.3. The fraction of sp³-hybridized carbons (Fsp3) is 0.350. The summed E-state index contributed by atoms with van der Waals surface area (Å²) in [6.45, 7) is 3.80. The Morgan fingerprint density at radius 1 is 1.21 bits per heavy atom. The molecule has 3 aromatic rings. The van der Waals surface area contributed by atoms with Crippen LogP contribution in [0.3, 0.4) is 0 Å². The van der Waals surface area contributed by atoms with Crippen molar-refractivity contribution in [3.05, 3.63) is 60.7 Å². The van der Waals surface area contributed by atoms with Crippen LogP contribution >= 0.6 is 0 Å². The predicted molar refractivity (Wildman–Crippen MR) is 110 cm³/mol. The molecule has 9 heteroatoms. The van der Waals surface area contributed by atoms with Crippen LogP contribution in [-0.4, -0.2) is 45.6 Å². The molecule has 1 atom stereocenters. The van der Waals surface area contributed by atoms with Gasteiger partial charge in [-0.15, -0.1) is 0 Å². The van der Waals surface area contributed by atoms with E-state index in [-0.39, 0.29) is 0 Å². The predicted octanol–water partition coefficient (Wildman–Crippen LogP) is 2.70. The van der Waals surface area contributed by atoms with Gasteiger partial charge in [-0.05, 0) is 42.5 Å². The molecule has 0 amide bonds. The Morgan fingerprint density at radius 2 is 2.03 bits per heavy atom. The monoisotopic (exact) mass is 412 g/mol. The highest BCUT2D eigenvalue weighted by Crippen LogP contribution is 2.23. The van der Waals surface area contributed by atoms with E-state index in [1.165, 1.54) is 0 Å². The molecule has 1 fully saturated rings. The van der Waals surface area contributed by atoms with Gasteiger partial charge in [-0.3, -0.25) is 4.98 Å². The summed E-state index contributed by atoms with van der Waals surface area (Å²) in [5, 5.41) is 7.36. The lowest BCUT2D eigenvalue weighted by atomic mass is 10.0. The molecule has 2 aromatic heterocycles. The number of rotatable bonds is 6. The number of piperidine rings is 1. The standard InChI is InChI=1S/C20H24N6O2S/c1-16-4-2-10-25(15-16)29(27,28)18-7-5-17(6-8-18)12-22-19-13-21-14-20(24-19)26-11-3-9-23-26/h3,5-9,11,13-14,16H,2,4,10,12,15H2,1H3,(H,22,24). The molecule has 4 rings (SSSR count). The van der Waals surface area contributed by atoms with Gasteiger partial charge in [0.2, 0.25) is 10.0 Å². The third-order valence-electron chi connectivity index (χ3n) is 5.02. The van der Waals surface area contributed by atoms with E-state index in [2.05, 4.69) is 27.3 Å². The number of hydrogen-bond acceptors (Lipinski definition) is 6. The SMILES string of the molecule is CC1CCCN(S(=O)(=O)c2ccc(CNc3cncc(-n4cccn4)n3)cc2)C1. The molecule has 0 spiro atoms. The molecule has 1 N–H and O–H groups in total. The fourth-order valence-electron chi connectivity index (χ4n) is 3.44. The minimum Gasteiger partial charge on any atom is -0.365 e. The number of hydrogen-bond donors (Lipinski definition) is 1. The summed E-state index contributed by atoms with van der Waals surface area (Å²) >= 11 is 0. The van der Waals surface area contributed by atoms with Crippen molar-refractivity contribution in [2.24, 2.45) is 5.92 Å². The van der Waals surface area contributed by atoms with Crippen LogP contribution in [0.25, 0.3) is 5.82 Å². The number of aromatic nitrogens is 4. The van der Waals surface area contributed by atoms with Gasteiger partial charge in [0.05, 0.1) is 17.3 Å². The highest BCUT2D eigenvalue weighted by atomic mass is 32.2. The summed E-state index contributed by atoms with van der Waals surface area (Å²) in [6.07, 6.45) is 8.77. The molecule has 1 aromatic carbocycles. The molecule has 29 heavy (non-hydrogen) atoms. The van der Waals surface area contributed by atoms with Gasteiger partial charge in [0.25, 0.3) is 0 Å². The van der Waals surface area contributed by atoms with Crippen LogP contribution in [0.1, 0.15) is 25.3 Å². The Bertz CT molecular complexity index is 1050. The zero-order chi connectivity index (χ0) is 20.3. The molecule has 0 bridgehead atoms. The van der Waals surface area contributed by atoms with E-state index in [0.29, 0.717) is 42.1 Å². The summed E-state index contributed by atoms with van der Waals surface area (Å²) in [6, 6.07) is 8.84. The van der Waals surface area contributed by atoms with E-state index in [1.807, 2.05) is 18.2 Å². The van der Waals surface area contributed by atoms with E-state index in [0.717, 1.165) is 18.4 Å². The topological polar surface area (TPSA) is 93.0 Å². The van der Waals surface area contributed by atoms with Gasteiger partial charge in [-0.25, -0.2) is 18.1 Å². The quantitative estimate of drug-likeness (QED) is 0.669. The van der Waals surface area contributed by atoms with Crippen LogP contribution < -0.4 is 5.32 Å². The average molecular weight is 413 g/mol. The number of sulfonamides is 1. The summed E-state index contributed by atoms with van der Waals surface area (Å²) in [4.78, 5) is 9.01. The van der Waals surface area contributed by atoms with Crippen LogP contribution in [-0.2, 0) is 16.6 Å². The van der Waals surface area contributed by atoms with Crippen molar-refractivity contribution in [2.45, 2.75) is 31.2 Å². The minimum atomic E-state index is -3.43. The van der Waals surface area contributed by atoms with Gasteiger partial charge >= 0.3 is 0 Å². The van der Waals surface area contributed by atoms with E-state index >= 15 is 0 Å². The molecule has 0 radical (unpaired) electrons. The van der Waals surface area contributed by atoms with Gasteiger partial charge in [-0.1, -0.05) is 19.1 Å². The van der Waals surface area contributed by atoms with Crippen LogP contribution in [0.5, 0.6) is 0 Å². The summed E-state index contributed by atoms with van der Waals surface area (Å²) in [5.74, 6) is 1.65. The Hall–Kier alpha value is -2.78. The van der Waals surface area contributed by atoms with E-state index in [9.17, 15) is 8.42 Å². The molecule has 3 heterocycles. The van der Waals surface area contributed by atoms with E-state index in [4.69, 9.17) is 0 Å². The van der Waals surface area contributed by atoms with Crippen LogP contribution in [0, 0.1) is 5.92 Å². The van der Waals surface area contributed by atoms with Crippen molar-refractivity contribution in [2.75, 3.05) is 18.4 Å². The lowest BCUT2D eigenvalue weighted by molar-refractivity contribution is 0.281. The zero-order valence-corrected chi connectivity index (χ0v) is 17.1. The van der Waals surface area contributed by atoms with E-state index < -0.39 is 10.0 Å². The summed E-state index contributed by atoms with van der Waals surface area (Å²) in [5.41, 5.74) is 0.960. The number of nitrogens with one attached hydrogen (secondary N) is 1. The van der Waals surface area contributed by atoms with Crippen LogP contribution in [0.15, 0.2) is 60.0 Å². The maximum absolute atomic E-state index is 12.9. The minimum absolute atomic E-state index is 0.343. The first-order valence-corrected chi connectivity index (χ1v) is 11.1. The van der Waals surface area contributed by atoms with Crippen molar-refractivity contribution in [3.63, 3.8) is 0 Å². The second kappa shape index (κ2) is 8.30. The number of benzene rings is 1. The van der Waals surface area contributed by atoms with Crippen molar-refractivity contribution < 1.29 is 8.42 Å². The van der Waals surface area contributed by atoms with Crippen molar-refractivity contribution in [1.82, 2.24) is 24.1 Å². The van der Waals surface area contributed by atoms with Gasteiger partial charge < -0.3 is 5.32 Å². The Kier molecular flexibility index (Phi) is 5.59. The molecule has 1 aliphatic heterocycles. The maximum Gasteiger partial charge on any atom is 0.243 e. The van der Waals surface area contributed by atoms with Gasteiger partial charge in [0.15, 0.2) is 5.82 Å². The average Bonchev–Trinajstić information content (AvgIpc) is 3.28. The van der Waals surface area contributed by atoms with Crippen LogP contribution in [0.2, 0.25) is 0 Å². The third kappa shape index (κ3) is 4.46. The van der Waals surface area contributed by atoms with Crippen molar-refractivity contribution in [3.8, 4) is 5.82 Å². The van der Waals surface area contributed by atoms with Gasteiger partial charge in [-0.2, -0.15) is 9.40 Å². The smallest absolute Gasteiger partial charge is 0.243 e. The molecule has 1 aliphatic rings. The molecule has 0 aliphatic carbocycles. The first-order valence-electron chi connectivity index (χ1n) is 9.67. The maximum atomic E-state index is 12.9. The Morgan fingerprint density at radius 3 is 2.76 bits per heavy atom. The van der Waals surface area contributed by atoms with Gasteiger partial charge in [0.1, 0.15) is 5.82 Å². The Balaban J connectivity index is 1.42. The first-order chi connectivity index (χ1) is 14.0.